The summed E-state index contributed by atoms with van der Waals surface area (Å²) in [6.07, 6.45) is 10.3. The van der Waals surface area contributed by atoms with Gasteiger partial charge in [0.2, 0.25) is 5.91 Å². The summed E-state index contributed by atoms with van der Waals surface area (Å²) in [5.41, 5.74) is 0.857. The van der Waals surface area contributed by atoms with Crippen molar-refractivity contribution in [2.24, 2.45) is 16.2 Å². The number of alkyl halides is 3. The van der Waals surface area contributed by atoms with Gasteiger partial charge in [0.1, 0.15) is 6.04 Å². The molecule has 4 aliphatic rings. The van der Waals surface area contributed by atoms with E-state index in [2.05, 4.69) is 51.3 Å². The summed E-state index contributed by atoms with van der Waals surface area (Å²) in [7, 11) is 0. The fourth-order valence-corrected chi connectivity index (χ4v) is 6.21. The summed E-state index contributed by atoms with van der Waals surface area (Å²) < 4.78 is 35.9. The Bertz CT molecular complexity index is 741. The summed E-state index contributed by atoms with van der Waals surface area (Å²) in [4.78, 5) is 16.7. The monoisotopic (exact) mass is 559 g/mol. The van der Waals surface area contributed by atoms with Gasteiger partial charge in [-0.15, -0.1) is 0 Å². The van der Waals surface area contributed by atoms with Gasteiger partial charge in [-0.2, -0.15) is 13.2 Å². The van der Waals surface area contributed by atoms with Crippen molar-refractivity contribution in [2.45, 2.75) is 163 Å². The first kappa shape index (κ1) is 34.4. The Labute approximate surface area is 238 Å². The molecule has 0 aromatic carbocycles. The van der Waals surface area contributed by atoms with E-state index in [1.807, 2.05) is 5.32 Å². The molecule has 3 unspecified atom stereocenters. The minimum Gasteiger partial charge on any atom is -0.344 e. The van der Waals surface area contributed by atoms with E-state index < -0.39 is 23.5 Å². The standard InChI is InChI=1S/2C12H23N.C8H14F3NO/c1-12(2,3)9-13-10-5-4-6-11(13)8-7-10;1-11(2,3)10-13-9-5-4-6-12(13)7-8-12;1-5(8(9,10)11)12-6(13)7(2,3)4/h10-11H,4-9H2,1-3H3;4-10H2,1-3H3;5H,1-4H3,(H,12,13). The topological polar surface area (TPSA) is 35.6 Å². The van der Waals surface area contributed by atoms with Crippen molar-refractivity contribution in [3.63, 3.8) is 0 Å². The molecule has 39 heavy (non-hydrogen) atoms. The molecule has 0 radical (unpaired) electrons. The van der Waals surface area contributed by atoms with Crippen molar-refractivity contribution in [3.8, 4) is 0 Å². The first-order valence-corrected chi connectivity index (χ1v) is 15.5. The lowest BCUT2D eigenvalue weighted by Crippen LogP contribution is -2.47. The average Bonchev–Trinajstić information content (AvgIpc) is 3.50. The molecule has 1 saturated carbocycles. The highest BCUT2D eigenvalue weighted by Gasteiger charge is 2.49. The van der Waals surface area contributed by atoms with Crippen molar-refractivity contribution in [1.82, 2.24) is 15.1 Å². The maximum absolute atomic E-state index is 12.0. The summed E-state index contributed by atoms with van der Waals surface area (Å²) in [6, 6.07) is 0.0928. The fourth-order valence-electron chi connectivity index (χ4n) is 6.21. The van der Waals surface area contributed by atoms with Crippen LogP contribution >= 0.6 is 0 Å². The lowest BCUT2D eigenvalue weighted by molar-refractivity contribution is -0.160. The molecule has 1 amide bonds. The molecule has 7 heteroatoms. The molecule has 3 heterocycles. The number of carbonyl (C=O) groups is 1. The van der Waals surface area contributed by atoms with Crippen LogP contribution in [0.1, 0.15) is 133 Å². The van der Waals surface area contributed by atoms with Crippen molar-refractivity contribution in [3.05, 3.63) is 0 Å². The molecule has 0 aromatic rings. The van der Waals surface area contributed by atoms with E-state index in [1.54, 1.807) is 20.8 Å². The molecule has 0 aromatic heterocycles. The molecule has 4 fully saturated rings. The minimum atomic E-state index is -4.37. The Morgan fingerprint density at radius 1 is 0.795 bits per heavy atom. The Morgan fingerprint density at radius 2 is 1.31 bits per heavy atom. The molecule has 1 aliphatic carbocycles. The highest BCUT2D eigenvalue weighted by atomic mass is 19.4. The molecular weight excluding hydrogens is 499 g/mol. The van der Waals surface area contributed by atoms with Crippen molar-refractivity contribution >= 4 is 5.91 Å². The van der Waals surface area contributed by atoms with Gasteiger partial charge in [0, 0.05) is 36.1 Å². The fraction of sp³-hybridized carbons (Fsp3) is 0.969. The van der Waals surface area contributed by atoms with E-state index >= 15 is 0 Å². The molecule has 3 saturated heterocycles. The van der Waals surface area contributed by atoms with Crippen LogP contribution in [0.2, 0.25) is 0 Å². The van der Waals surface area contributed by atoms with Crippen LogP contribution in [0.25, 0.3) is 0 Å². The quantitative estimate of drug-likeness (QED) is 0.379. The van der Waals surface area contributed by atoms with E-state index in [0.717, 1.165) is 19.0 Å². The molecule has 4 rings (SSSR count). The predicted octanol–water partition coefficient (Wildman–Crippen LogP) is 8.20. The van der Waals surface area contributed by atoms with E-state index in [1.165, 1.54) is 83.8 Å². The lowest BCUT2D eigenvalue weighted by Gasteiger charge is -2.40. The van der Waals surface area contributed by atoms with Gasteiger partial charge in [0.15, 0.2) is 0 Å². The first-order chi connectivity index (χ1) is 17.6. The summed E-state index contributed by atoms with van der Waals surface area (Å²) in [5.74, 6) is -0.600. The smallest absolute Gasteiger partial charge is 0.344 e. The van der Waals surface area contributed by atoms with E-state index in [9.17, 15) is 18.0 Å². The Kier molecular flexibility index (Phi) is 11.5. The van der Waals surface area contributed by atoms with Gasteiger partial charge >= 0.3 is 6.18 Å². The van der Waals surface area contributed by atoms with Crippen LogP contribution in [0.15, 0.2) is 0 Å². The number of fused-ring (bicyclic) bond motifs is 2. The van der Waals surface area contributed by atoms with Crippen LogP contribution in [0.4, 0.5) is 13.2 Å². The van der Waals surface area contributed by atoms with Crippen LogP contribution in [0, 0.1) is 16.2 Å². The maximum Gasteiger partial charge on any atom is 0.408 e. The van der Waals surface area contributed by atoms with Gasteiger partial charge < -0.3 is 5.32 Å². The summed E-state index contributed by atoms with van der Waals surface area (Å²) in [6.45, 7) is 23.7. The molecule has 3 aliphatic heterocycles. The van der Waals surface area contributed by atoms with Crippen LogP contribution in [0.5, 0.6) is 0 Å². The first-order valence-electron chi connectivity index (χ1n) is 15.5. The maximum atomic E-state index is 12.0. The van der Waals surface area contributed by atoms with Gasteiger partial charge in [0.25, 0.3) is 0 Å². The third-order valence-electron chi connectivity index (χ3n) is 8.51. The number of amides is 1. The predicted molar refractivity (Wildman–Crippen MR) is 157 cm³/mol. The summed E-state index contributed by atoms with van der Waals surface area (Å²) in [5, 5.41) is 1.90. The van der Waals surface area contributed by atoms with Crippen LogP contribution < -0.4 is 5.32 Å². The second-order valence-electron chi connectivity index (χ2n) is 16.2. The van der Waals surface area contributed by atoms with Gasteiger partial charge in [-0.25, -0.2) is 0 Å². The number of nitrogens with one attached hydrogen (secondary N) is 1. The largest absolute Gasteiger partial charge is 0.408 e. The number of piperidine rings is 2. The van der Waals surface area contributed by atoms with Gasteiger partial charge in [-0.05, 0) is 75.7 Å². The van der Waals surface area contributed by atoms with Crippen molar-refractivity contribution < 1.29 is 18.0 Å². The molecule has 1 spiro atoms. The molecule has 230 valence electrons. The number of carbonyl (C=O) groups excluding carboxylic acids is 1. The highest BCUT2D eigenvalue weighted by molar-refractivity contribution is 5.81. The van der Waals surface area contributed by atoms with Crippen LogP contribution in [0.3, 0.4) is 0 Å². The van der Waals surface area contributed by atoms with E-state index in [0.29, 0.717) is 16.4 Å². The number of nitrogens with zero attached hydrogens (tertiary/aromatic N) is 2. The highest BCUT2D eigenvalue weighted by Crippen LogP contribution is 2.49. The zero-order valence-corrected chi connectivity index (χ0v) is 26.9. The van der Waals surface area contributed by atoms with Gasteiger partial charge in [-0.3, -0.25) is 14.6 Å². The van der Waals surface area contributed by atoms with Crippen molar-refractivity contribution in [2.75, 3.05) is 19.6 Å². The third-order valence-corrected chi connectivity index (χ3v) is 8.51. The average molecular weight is 560 g/mol. The lowest BCUT2D eigenvalue weighted by atomic mass is 9.91. The molecule has 3 atom stereocenters. The molecular formula is C32H60F3N3O. The van der Waals surface area contributed by atoms with E-state index in [-0.39, 0.29) is 0 Å². The normalized spacial score (nSPS) is 26.2. The van der Waals surface area contributed by atoms with Crippen molar-refractivity contribution in [1.29, 1.82) is 0 Å². The van der Waals surface area contributed by atoms with Gasteiger partial charge in [0.05, 0.1) is 0 Å². The summed E-state index contributed by atoms with van der Waals surface area (Å²) >= 11 is 0. The number of hydrogen-bond acceptors (Lipinski definition) is 3. The molecule has 1 N–H and O–H groups in total. The number of hydrogen-bond donors (Lipinski definition) is 1. The third kappa shape index (κ3) is 11.5. The Balaban J connectivity index is 0.000000205. The Hall–Kier alpha value is -0.820. The van der Waals surface area contributed by atoms with E-state index in [4.69, 9.17) is 0 Å². The SMILES string of the molecule is CC(C)(C)CN1C2CCCC1CC2.CC(C)(C)CN1CCCCC12CC2.CC(NC(=O)C(C)(C)C)C(F)(F)F. The zero-order valence-electron chi connectivity index (χ0n) is 26.9. The second kappa shape index (κ2) is 13.0. The zero-order chi connectivity index (χ0) is 29.9. The number of likely N-dealkylation sites (tertiary alicyclic amines) is 1. The number of halogens is 3. The Morgan fingerprint density at radius 3 is 1.72 bits per heavy atom. The van der Waals surface area contributed by atoms with Crippen LogP contribution in [-0.2, 0) is 4.79 Å². The molecule has 4 nitrogen and oxygen atoms in total. The van der Waals surface area contributed by atoms with Gasteiger partial charge in [-0.1, -0.05) is 75.2 Å². The minimum absolute atomic E-state index is 0.479. The number of rotatable bonds is 3. The second-order valence-corrected chi connectivity index (χ2v) is 16.2. The molecule has 2 bridgehead atoms. The van der Waals surface area contributed by atoms with Crippen LogP contribution in [-0.4, -0.2) is 65.2 Å².